The molecule has 0 aliphatic carbocycles. The zero-order valence-electron chi connectivity index (χ0n) is 19.6. The van der Waals surface area contributed by atoms with E-state index in [-0.39, 0.29) is 47.9 Å². The predicted molar refractivity (Wildman–Crippen MR) is 129 cm³/mol. The molecule has 13 heteroatoms. The van der Waals surface area contributed by atoms with Crippen LogP contribution in [0.25, 0.3) is 0 Å². The second-order valence-corrected chi connectivity index (χ2v) is 10.2. The first-order valence-corrected chi connectivity index (χ1v) is 12.8. The Morgan fingerprint density at radius 2 is 1.78 bits per heavy atom. The van der Waals surface area contributed by atoms with Gasteiger partial charge in [0.25, 0.3) is 15.9 Å². The van der Waals surface area contributed by atoms with Crippen molar-refractivity contribution < 1.29 is 22.7 Å². The second kappa shape index (κ2) is 10.0. The fourth-order valence-corrected chi connectivity index (χ4v) is 5.05. The van der Waals surface area contributed by atoms with E-state index in [1.165, 1.54) is 42.4 Å². The lowest BCUT2D eigenvalue weighted by Gasteiger charge is -2.28. The Balaban J connectivity index is 1.44. The van der Waals surface area contributed by atoms with Gasteiger partial charge in [0, 0.05) is 38.0 Å². The number of hydrogen-bond acceptors (Lipinski definition) is 10. The van der Waals surface area contributed by atoms with Crippen LogP contribution in [0.2, 0.25) is 0 Å². The molecule has 2 aliphatic heterocycles. The van der Waals surface area contributed by atoms with Crippen molar-refractivity contribution in [3.8, 4) is 5.88 Å². The SMILES string of the molecule is CN1c2nccc(n2)OCCN(Cc2ncc(N3CCOCC3)cn2)C(=O)c2cccc(c2)S1(=O)=O. The van der Waals surface area contributed by atoms with E-state index in [2.05, 4.69) is 24.8 Å². The van der Waals surface area contributed by atoms with Crippen molar-refractivity contribution in [1.82, 2.24) is 24.8 Å². The van der Waals surface area contributed by atoms with Gasteiger partial charge in [0.2, 0.25) is 11.8 Å². The van der Waals surface area contributed by atoms with E-state index >= 15 is 0 Å². The Morgan fingerprint density at radius 1 is 1.00 bits per heavy atom. The molecular formula is C23H25N7O5S. The lowest BCUT2D eigenvalue weighted by atomic mass is 10.2. The maximum Gasteiger partial charge on any atom is 0.266 e. The summed E-state index contributed by atoms with van der Waals surface area (Å²) < 4.78 is 38.5. The fraction of sp³-hybridized carbons (Fsp3) is 0.348. The molecule has 4 heterocycles. The lowest BCUT2D eigenvalue weighted by Crippen LogP contribution is -2.37. The Kier molecular flexibility index (Phi) is 6.65. The van der Waals surface area contributed by atoms with E-state index in [1.807, 2.05) is 0 Å². The molecule has 0 radical (unpaired) electrons. The number of aromatic nitrogens is 4. The van der Waals surface area contributed by atoms with Crippen LogP contribution in [0.15, 0.2) is 53.8 Å². The molecule has 0 unspecified atom stereocenters. The van der Waals surface area contributed by atoms with Gasteiger partial charge in [-0.15, -0.1) is 0 Å². The van der Waals surface area contributed by atoms with E-state index in [9.17, 15) is 13.2 Å². The van der Waals surface area contributed by atoms with Crippen LogP contribution in [0.1, 0.15) is 16.2 Å². The summed E-state index contributed by atoms with van der Waals surface area (Å²) in [5, 5.41) is 0. The number of benzene rings is 1. The van der Waals surface area contributed by atoms with Crippen LogP contribution < -0.4 is 13.9 Å². The minimum atomic E-state index is -4.01. The van der Waals surface area contributed by atoms with Gasteiger partial charge in [-0.05, 0) is 18.2 Å². The maximum atomic E-state index is 13.5. The van der Waals surface area contributed by atoms with E-state index in [4.69, 9.17) is 9.47 Å². The summed E-state index contributed by atoms with van der Waals surface area (Å²) in [5.74, 6) is 0.259. The van der Waals surface area contributed by atoms with E-state index in [0.29, 0.717) is 19.0 Å². The van der Waals surface area contributed by atoms with Gasteiger partial charge in [-0.25, -0.2) is 27.7 Å². The molecule has 1 aromatic carbocycles. The van der Waals surface area contributed by atoms with Crippen molar-refractivity contribution in [3.05, 3.63) is 60.3 Å². The first kappa shape index (κ1) is 23.9. The van der Waals surface area contributed by atoms with Crippen molar-refractivity contribution in [1.29, 1.82) is 0 Å². The molecule has 36 heavy (non-hydrogen) atoms. The van der Waals surface area contributed by atoms with Gasteiger partial charge < -0.3 is 19.3 Å². The molecule has 188 valence electrons. The highest BCUT2D eigenvalue weighted by molar-refractivity contribution is 7.92. The second-order valence-electron chi connectivity index (χ2n) is 8.23. The number of morpholine rings is 1. The van der Waals surface area contributed by atoms with E-state index < -0.39 is 10.0 Å². The highest BCUT2D eigenvalue weighted by Gasteiger charge is 2.27. The Labute approximate surface area is 208 Å². The topological polar surface area (TPSA) is 131 Å². The van der Waals surface area contributed by atoms with Gasteiger partial charge in [-0.3, -0.25) is 4.79 Å². The molecule has 4 bridgehead atoms. The molecule has 0 spiro atoms. The summed E-state index contributed by atoms with van der Waals surface area (Å²) in [6.07, 6.45) is 4.90. The number of rotatable bonds is 3. The molecule has 1 amide bonds. The van der Waals surface area contributed by atoms with Crippen LogP contribution >= 0.6 is 0 Å². The molecule has 1 fully saturated rings. The van der Waals surface area contributed by atoms with Gasteiger partial charge >= 0.3 is 0 Å². The summed E-state index contributed by atoms with van der Waals surface area (Å²) in [4.78, 5) is 34.3. The fourth-order valence-electron chi connectivity index (χ4n) is 3.90. The number of ether oxygens (including phenoxy) is 2. The van der Waals surface area contributed by atoms with Crippen molar-refractivity contribution in [2.75, 3.05) is 55.7 Å². The molecule has 0 N–H and O–H groups in total. The monoisotopic (exact) mass is 511 g/mol. The third kappa shape index (κ3) is 4.93. The number of carbonyl (C=O) groups excluding carboxylic acids is 1. The predicted octanol–water partition coefficient (Wildman–Crippen LogP) is 0.963. The Hall–Kier alpha value is -3.84. The molecule has 0 saturated carbocycles. The molecule has 0 atom stereocenters. The Morgan fingerprint density at radius 3 is 2.56 bits per heavy atom. The molecular weight excluding hydrogens is 486 g/mol. The minimum Gasteiger partial charge on any atom is -0.476 e. The average Bonchev–Trinajstić information content (AvgIpc) is 2.92. The van der Waals surface area contributed by atoms with Crippen LogP contribution in [0.3, 0.4) is 0 Å². The van der Waals surface area contributed by atoms with Crippen molar-refractivity contribution >= 4 is 27.6 Å². The first-order chi connectivity index (χ1) is 17.4. The third-order valence-electron chi connectivity index (χ3n) is 5.94. The molecule has 2 aliphatic rings. The Bertz CT molecular complexity index is 1350. The highest BCUT2D eigenvalue weighted by Crippen LogP contribution is 2.23. The number of carbonyl (C=O) groups is 1. The van der Waals surface area contributed by atoms with Crippen molar-refractivity contribution in [3.63, 3.8) is 0 Å². The van der Waals surface area contributed by atoms with Gasteiger partial charge in [0.05, 0.1) is 49.3 Å². The largest absolute Gasteiger partial charge is 0.476 e. The zero-order valence-corrected chi connectivity index (χ0v) is 20.5. The average molecular weight is 512 g/mol. The summed E-state index contributed by atoms with van der Waals surface area (Å²) in [7, 11) is -2.65. The third-order valence-corrected chi connectivity index (χ3v) is 7.67. The van der Waals surface area contributed by atoms with E-state index in [0.717, 1.165) is 23.1 Å². The minimum absolute atomic E-state index is 0.0332. The van der Waals surface area contributed by atoms with Gasteiger partial charge in [0.15, 0.2) is 0 Å². The first-order valence-electron chi connectivity index (χ1n) is 11.4. The summed E-state index contributed by atoms with van der Waals surface area (Å²) in [6, 6.07) is 7.43. The maximum absolute atomic E-state index is 13.5. The van der Waals surface area contributed by atoms with Crippen LogP contribution in [0.5, 0.6) is 5.88 Å². The number of sulfonamides is 1. The summed E-state index contributed by atoms with van der Waals surface area (Å²) >= 11 is 0. The van der Waals surface area contributed by atoms with Crippen LogP contribution in [0.4, 0.5) is 11.6 Å². The number of anilines is 2. The van der Waals surface area contributed by atoms with Crippen molar-refractivity contribution in [2.45, 2.75) is 11.4 Å². The molecule has 5 rings (SSSR count). The normalized spacial score (nSPS) is 18.0. The van der Waals surface area contributed by atoms with Crippen LogP contribution in [-0.4, -0.2) is 85.7 Å². The lowest BCUT2D eigenvalue weighted by molar-refractivity contribution is 0.0709. The van der Waals surface area contributed by atoms with Gasteiger partial charge in [0.1, 0.15) is 12.4 Å². The molecule has 3 aromatic rings. The van der Waals surface area contributed by atoms with E-state index in [1.54, 1.807) is 18.5 Å². The zero-order chi connectivity index (χ0) is 25.1. The number of fused-ring (bicyclic) bond motifs is 4. The molecule has 2 aromatic heterocycles. The number of amides is 1. The molecule has 12 nitrogen and oxygen atoms in total. The van der Waals surface area contributed by atoms with Gasteiger partial charge in [-0.2, -0.15) is 4.98 Å². The highest BCUT2D eigenvalue weighted by atomic mass is 32.2. The smallest absolute Gasteiger partial charge is 0.266 e. The number of nitrogens with zero attached hydrogens (tertiary/aromatic N) is 7. The summed E-state index contributed by atoms with van der Waals surface area (Å²) in [6.45, 7) is 3.31. The quantitative estimate of drug-likeness (QED) is 0.501. The number of hydrogen-bond donors (Lipinski definition) is 0. The van der Waals surface area contributed by atoms with Crippen molar-refractivity contribution in [2.24, 2.45) is 0 Å². The standard InChI is InChI=1S/C23H25N7O5S/c1-28-23-24-6-5-21(27-23)35-12-9-30(22(31)17-3-2-4-19(13-17)36(28,32)33)16-20-25-14-18(15-26-20)29-7-10-34-11-8-29/h2-6,13-15H,7-12,16H2,1H3. The molecule has 1 saturated heterocycles. The van der Waals surface area contributed by atoms with Crippen LogP contribution in [0, 0.1) is 0 Å². The van der Waals surface area contributed by atoms with Gasteiger partial charge in [-0.1, -0.05) is 6.07 Å². The summed E-state index contributed by atoms with van der Waals surface area (Å²) in [5.41, 5.74) is 1.12. The van der Waals surface area contributed by atoms with Crippen LogP contribution in [-0.2, 0) is 21.3 Å².